The summed E-state index contributed by atoms with van der Waals surface area (Å²) in [6.07, 6.45) is 12.0. The van der Waals surface area contributed by atoms with Crippen molar-refractivity contribution >= 4 is 17.0 Å². The molecule has 0 radical (unpaired) electrons. The fourth-order valence-corrected chi connectivity index (χ4v) is 5.67. The lowest BCUT2D eigenvalue weighted by Crippen LogP contribution is -2.06. The van der Waals surface area contributed by atoms with Crippen molar-refractivity contribution in [3.8, 4) is 5.00 Å². The number of aliphatic imine (C=N–C) groups is 1. The smallest absolute Gasteiger partial charge is 0.160 e. The minimum absolute atomic E-state index is 0.569. The van der Waals surface area contributed by atoms with E-state index in [9.17, 15) is 0 Å². The van der Waals surface area contributed by atoms with Crippen molar-refractivity contribution in [3.63, 3.8) is 0 Å². The third-order valence-electron chi connectivity index (χ3n) is 6.17. The van der Waals surface area contributed by atoms with Crippen LogP contribution in [0.4, 0.5) is 0 Å². The number of unbranched alkanes of at least 4 members (excludes halogenated alkanes) is 7. The molecule has 0 amide bonds. The van der Waals surface area contributed by atoms with Gasteiger partial charge in [-0.3, -0.25) is 9.56 Å². The molecular weight excluding hydrogens is 400 g/mol. The Labute approximate surface area is 190 Å². The second-order valence-electron chi connectivity index (χ2n) is 8.64. The van der Waals surface area contributed by atoms with Gasteiger partial charge in [-0.15, -0.1) is 21.5 Å². The van der Waals surface area contributed by atoms with Gasteiger partial charge in [0, 0.05) is 16.0 Å². The molecule has 1 aliphatic rings. The number of hydrogen-bond acceptors (Lipinski definition) is 4. The first kappa shape index (κ1) is 21.9. The van der Waals surface area contributed by atoms with Crippen molar-refractivity contribution in [2.75, 3.05) is 0 Å². The van der Waals surface area contributed by atoms with Gasteiger partial charge in [0.15, 0.2) is 5.82 Å². The predicted molar refractivity (Wildman–Crippen MR) is 131 cm³/mol. The van der Waals surface area contributed by atoms with Crippen LogP contribution in [0.3, 0.4) is 0 Å². The summed E-state index contributed by atoms with van der Waals surface area (Å²) in [5.74, 6) is 1.88. The molecule has 0 spiro atoms. The monoisotopic (exact) mass is 434 g/mol. The first-order chi connectivity index (χ1) is 15.2. The standard InChI is InChI=1S/C26H34N4S/c1-4-5-6-7-8-9-10-11-15-21-17-23-25(22-16-13-12-14-19(22)2)27-18-24-29-28-20(3)30(24)26(23)31-21/h12-14,16-17H,4-11,15,18H2,1-3H3. The fraction of sp³-hybridized carbons (Fsp3) is 0.500. The summed E-state index contributed by atoms with van der Waals surface area (Å²) >= 11 is 1.89. The Balaban J connectivity index is 1.53. The normalized spacial score (nSPS) is 12.9. The average molecular weight is 435 g/mol. The molecule has 0 fully saturated rings. The number of aromatic nitrogens is 3. The molecule has 3 heterocycles. The van der Waals surface area contributed by atoms with Crippen LogP contribution in [0, 0.1) is 13.8 Å². The quantitative estimate of drug-likeness (QED) is 0.323. The van der Waals surface area contributed by atoms with Crippen LogP contribution in [0.5, 0.6) is 0 Å². The molecule has 0 unspecified atom stereocenters. The summed E-state index contributed by atoms with van der Waals surface area (Å²) < 4.78 is 2.21. The van der Waals surface area contributed by atoms with Gasteiger partial charge in [-0.05, 0) is 38.3 Å². The summed E-state index contributed by atoms with van der Waals surface area (Å²) in [5, 5.41) is 9.96. The summed E-state index contributed by atoms with van der Waals surface area (Å²) in [5.41, 5.74) is 4.81. The second kappa shape index (κ2) is 10.4. The van der Waals surface area contributed by atoms with Crippen molar-refractivity contribution in [1.82, 2.24) is 14.8 Å². The van der Waals surface area contributed by atoms with E-state index in [1.165, 1.54) is 77.9 Å². The third kappa shape index (κ3) is 4.98. The predicted octanol–water partition coefficient (Wildman–Crippen LogP) is 6.98. The lowest BCUT2D eigenvalue weighted by molar-refractivity contribution is 0.576. The minimum atomic E-state index is 0.569. The number of thiophene rings is 1. The number of hydrogen-bond donors (Lipinski definition) is 0. The molecule has 4 nitrogen and oxygen atoms in total. The van der Waals surface area contributed by atoms with Crippen LogP contribution >= 0.6 is 11.3 Å². The zero-order valence-electron chi connectivity index (χ0n) is 19.2. The van der Waals surface area contributed by atoms with Gasteiger partial charge in [0.1, 0.15) is 17.4 Å². The maximum atomic E-state index is 5.01. The molecule has 0 N–H and O–H groups in total. The largest absolute Gasteiger partial charge is 0.276 e. The highest BCUT2D eigenvalue weighted by atomic mass is 32.1. The molecule has 2 aromatic heterocycles. The number of aryl methyl sites for hydroxylation is 3. The summed E-state index contributed by atoms with van der Waals surface area (Å²) in [7, 11) is 0. The zero-order valence-corrected chi connectivity index (χ0v) is 20.0. The highest BCUT2D eigenvalue weighted by molar-refractivity contribution is 7.15. The van der Waals surface area contributed by atoms with E-state index < -0.39 is 0 Å². The Bertz CT molecular complexity index is 1040. The van der Waals surface area contributed by atoms with Crippen LogP contribution in [-0.2, 0) is 13.0 Å². The maximum absolute atomic E-state index is 5.01. The highest BCUT2D eigenvalue weighted by Gasteiger charge is 2.25. The Morgan fingerprint density at radius 1 is 0.903 bits per heavy atom. The van der Waals surface area contributed by atoms with Gasteiger partial charge in [-0.2, -0.15) is 0 Å². The van der Waals surface area contributed by atoms with Crippen molar-refractivity contribution < 1.29 is 0 Å². The molecule has 0 bridgehead atoms. The Hall–Kier alpha value is -2.27. The van der Waals surface area contributed by atoms with E-state index in [0.717, 1.165) is 23.8 Å². The van der Waals surface area contributed by atoms with Crippen LogP contribution in [0.2, 0.25) is 0 Å². The number of fused-ring (bicyclic) bond motifs is 3. The molecule has 4 rings (SSSR count). The number of nitrogens with zero attached hydrogens (tertiary/aromatic N) is 4. The Morgan fingerprint density at radius 2 is 1.65 bits per heavy atom. The van der Waals surface area contributed by atoms with Gasteiger partial charge >= 0.3 is 0 Å². The van der Waals surface area contributed by atoms with E-state index in [2.05, 4.69) is 58.9 Å². The summed E-state index contributed by atoms with van der Waals surface area (Å²) in [4.78, 5) is 6.45. The molecular formula is C26H34N4S. The lowest BCUT2D eigenvalue weighted by atomic mass is 9.99. The van der Waals surface area contributed by atoms with E-state index in [4.69, 9.17) is 4.99 Å². The first-order valence-corrected chi connectivity index (χ1v) is 12.7. The molecule has 1 aliphatic heterocycles. The van der Waals surface area contributed by atoms with Crippen molar-refractivity contribution in [2.24, 2.45) is 4.99 Å². The van der Waals surface area contributed by atoms with Crippen LogP contribution in [0.1, 0.15) is 91.5 Å². The van der Waals surface area contributed by atoms with Crippen LogP contribution in [-0.4, -0.2) is 20.5 Å². The van der Waals surface area contributed by atoms with Gasteiger partial charge < -0.3 is 0 Å². The van der Waals surface area contributed by atoms with Crippen LogP contribution in [0.25, 0.3) is 5.00 Å². The van der Waals surface area contributed by atoms with E-state index >= 15 is 0 Å². The van der Waals surface area contributed by atoms with E-state index in [0.29, 0.717) is 6.54 Å². The highest BCUT2D eigenvalue weighted by Crippen LogP contribution is 2.34. The summed E-state index contributed by atoms with van der Waals surface area (Å²) in [6, 6.07) is 10.9. The molecule has 5 heteroatoms. The lowest BCUT2D eigenvalue weighted by Gasteiger charge is -2.09. The van der Waals surface area contributed by atoms with E-state index in [1.807, 2.05) is 18.3 Å². The van der Waals surface area contributed by atoms with Crippen molar-refractivity contribution in [1.29, 1.82) is 0 Å². The van der Waals surface area contributed by atoms with Gasteiger partial charge in [0.25, 0.3) is 0 Å². The Kier molecular flexibility index (Phi) is 7.33. The van der Waals surface area contributed by atoms with Crippen molar-refractivity contribution in [2.45, 2.75) is 85.1 Å². The van der Waals surface area contributed by atoms with Gasteiger partial charge in [-0.1, -0.05) is 76.1 Å². The minimum Gasteiger partial charge on any atom is -0.276 e. The summed E-state index contributed by atoms with van der Waals surface area (Å²) in [6.45, 7) is 7.06. The topological polar surface area (TPSA) is 43.1 Å². The molecule has 164 valence electrons. The molecule has 31 heavy (non-hydrogen) atoms. The molecule has 0 aliphatic carbocycles. The third-order valence-corrected chi connectivity index (χ3v) is 7.35. The molecule has 0 atom stereocenters. The van der Waals surface area contributed by atoms with Crippen LogP contribution in [0.15, 0.2) is 35.3 Å². The van der Waals surface area contributed by atoms with Gasteiger partial charge in [0.05, 0.1) is 5.71 Å². The fourth-order valence-electron chi connectivity index (χ4n) is 4.40. The first-order valence-electron chi connectivity index (χ1n) is 11.8. The molecule has 3 aromatic rings. The number of rotatable bonds is 10. The average Bonchev–Trinajstić information content (AvgIpc) is 3.30. The maximum Gasteiger partial charge on any atom is 0.160 e. The van der Waals surface area contributed by atoms with E-state index in [-0.39, 0.29) is 0 Å². The Morgan fingerprint density at radius 3 is 2.42 bits per heavy atom. The van der Waals surface area contributed by atoms with Crippen LogP contribution < -0.4 is 0 Å². The van der Waals surface area contributed by atoms with Gasteiger partial charge in [0.2, 0.25) is 0 Å². The number of benzene rings is 1. The van der Waals surface area contributed by atoms with E-state index in [1.54, 1.807) is 0 Å². The SMILES string of the molecule is CCCCCCCCCCc1cc2c(s1)-n1c(C)nnc1CN=C2c1ccccc1C. The van der Waals surface area contributed by atoms with Crippen molar-refractivity contribution in [3.05, 3.63) is 63.5 Å². The molecule has 0 saturated heterocycles. The molecule has 0 saturated carbocycles. The zero-order chi connectivity index (χ0) is 21.6. The van der Waals surface area contributed by atoms with Gasteiger partial charge in [-0.25, -0.2) is 0 Å². The second-order valence-corrected chi connectivity index (χ2v) is 9.75. The molecule has 1 aromatic carbocycles.